The van der Waals surface area contributed by atoms with E-state index >= 15 is 0 Å². The first-order chi connectivity index (χ1) is 16.1. The third-order valence-electron chi connectivity index (χ3n) is 5.95. The van der Waals surface area contributed by atoms with Crippen molar-refractivity contribution < 1.29 is 27.1 Å². The number of halogens is 4. The lowest BCUT2D eigenvalue weighted by Gasteiger charge is -2.33. The number of pyridine rings is 1. The second-order valence-electron chi connectivity index (χ2n) is 8.04. The Bertz CT molecular complexity index is 1470. The lowest BCUT2D eigenvalue weighted by Crippen LogP contribution is -2.37. The SMILES string of the molecule is Cc1ncn2c1c(N)nc1cc(F)c(C(=O)N(C)[C@@H]3COCc4nc(C(F)(F)F)ccc43)cc12. The summed E-state index contributed by atoms with van der Waals surface area (Å²) in [7, 11) is 1.44. The van der Waals surface area contributed by atoms with Gasteiger partial charge in [-0.2, -0.15) is 13.2 Å². The maximum absolute atomic E-state index is 15.0. The molecule has 1 aromatic carbocycles. The molecule has 2 N–H and O–H groups in total. The number of benzene rings is 1. The Labute approximate surface area is 190 Å². The van der Waals surface area contributed by atoms with E-state index in [0.717, 1.165) is 12.1 Å². The Hall–Kier alpha value is -3.80. The number of amides is 1. The molecule has 0 saturated heterocycles. The minimum Gasteiger partial charge on any atom is -0.382 e. The fraction of sp³-hybridized carbons (Fsp3) is 0.273. The monoisotopic (exact) mass is 474 g/mol. The lowest BCUT2D eigenvalue weighted by atomic mass is 10.0. The maximum Gasteiger partial charge on any atom is 0.433 e. The molecule has 0 fully saturated rings. The van der Waals surface area contributed by atoms with Gasteiger partial charge >= 0.3 is 6.18 Å². The van der Waals surface area contributed by atoms with Crippen molar-refractivity contribution in [1.29, 1.82) is 0 Å². The number of aromatic nitrogens is 4. The van der Waals surface area contributed by atoms with E-state index in [4.69, 9.17) is 10.5 Å². The third-order valence-corrected chi connectivity index (χ3v) is 5.95. The number of fused-ring (bicyclic) bond motifs is 4. The minimum absolute atomic E-state index is 0.0283. The van der Waals surface area contributed by atoms with Gasteiger partial charge in [-0.3, -0.25) is 9.20 Å². The van der Waals surface area contributed by atoms with E-state index in [1.165, 1.54) is 30.4 Å². The van der Waals surface area contributed by atoms with Gasteiger partial charge in [0.25, 0.3) is 5.91 Å². The summed E-state index contributed by atoms with van der Waals surface area (Å²) in [4.78, 5) is 26.6. The summed E-state index contributed by atoms with van der Waals surface area (Å²) in [5, 5.41) is 0. The number of rotatable bonds is 2. The molecule has 1 aliphatic rings. The zero-order valence-corrected chi connectivity index (χ0v) is 18.0. The van der Waals surface area contributed by atoms with E-state index < -0.39 is 29.6 Å². The second-order valence-corrected chi connectivity index (χ2v) is 8.04. The third kappa shape index (κ3) is 3.41. The number of nitrogens with zero attached hydrogens (tertiary/aromatic N) is 5. The van der Waals surface area contributed by atoms with E-state index in [1.807, 2.05) is 0 Å². The first-order valence-corrected chi connectivity index (χ1v) is 10.2. The van der Waals surface area contributed by atoms with Gasteiger partial charge in [-0.1, -0.05) is 6.07 Å². The first-order valence-electron chi connectivity index (χ1n) is 10.2. The van der Waals surface area contributed by atoms with Gasteiger partial charge in [0, 0.05) is 18.7 Å². The lowest BCUT2D eigenvalue weighted by molar-refractivity contribution is -0.141. The van der Waals surface area contributed by atoms with Gasteiger partial charge in [-0.05, 0) is 19.1 Å². The Morgan fingerprint density at radius 2 is 2.03 bits per heavy atom. The summed E-state index contributed by atoms with van der Waals surface area (Å²) >= 11 is 0. The van der Waals surface area contributed by atoms with Crippen LogP contribution in [0.15, 0.2) is 30.6 Å². The van der Waals surface area contributed by atoms with Crippen molar-refractivity contribution in [2.75, 3.05) is 19.4 Å². The predicted octanol–water partition coefficient (Wildman–Crippen LogP) is 3.67. The van der Waals surface area contributed by atoms with Crippen LogP contribution in [0.2, 0.25) is 0 Å². The van der Waals surface area contributed by atoms with Crippen molar-refractivity contribution in [3.8, 4) is 0 Å². The summed E-state index contributed by atoms with van der Waals surface area (Å²) < 4.78 is 61.2. The molecule has 0 radical (unpaired) electrons. The van der Waals surface area contributed by atoms with Gasteiger partial charge in [-0.25, -0.2) is 19.3 Å². The average Bonchev–Trinajstić information content (AvgIpc) is 3.18. The van der Waals surface area contributed by atoms with Gasteiger partial charge in [0.15, 0.2) is 0 Å². The molecule has 1 atom stereocenters. The van der Waals surface area contributed by atoms with Crippen LogP contribution in [0.5, 0.6) is 0 Å². The van der Waals surface area contributed by atoms with Crippen molar-refractivity contribution in [3.05, 3.63) is 64.6 Å². The molecule has 34 heavy (non-hydrogen) atoms. The van der Waals surface area contributed by atoms with Crippen LogP contribution in [0.25, 0.3) is 16.6 Å². The summed E-state index contributed by atoms with van der Waals surface area (Å²) in [6, 6.07) is 3.87. The summed E-state index contributed by atoms with van der Waals surface area (Å²) in [6.45, 7) is 1.66. The van der Waals surface area contributed by atoms with Crippen molar-refractivity contribution in [2.24, 2.45) is 0 Å². The number of alkyl halides is 3. The molecule has 0 unspecified atom stereocenters. The highest BCUT2D eigenvalue weighted by Crippen LogP contribution is 2.34. The van der Waals surface area contributed by atoms with Gasteiger partial charge in [0.2, 0.25) is 0 Å². The van der Waals surface area contributed by atoms with Crippen LogP contribution < -0.4 is 5.73 Å². The molecular weight excluding hydrogens is 456 g/mol. The summed E-state index contributed by atoms with van der Waals surface area (Å²) in [6.07, 6.45) is -3.09. The summed E-state index contributed by atoms with van der Waals surface area (Å²) in [5.41, 5.74) is 7.05. The quantitative estimate of drug-likeness (QED) is 0.445. The molecule has 4 heterocycles. The van der Waals surface area contributed by atoms with Gasteiger partial charge in [0.1, 0.15) is 29.2 Å². The van der Waals surface area contributed by atoms with Crippen molar-refractivity contribution >= 4 is 28.3 Å². The number of hydrogen-bond donors (Lipinski definition) is 1. The van der Waals surface area contributed by atoms with Gasteiger partial charge in [-0.15, -0.1) is 0 Å². The Kier molecular flexibility index (Phi) is 4.93. The number of ether oxygens (including phenoxy) is 1. The van der Waals surface area contributed by atoms with Crippen LogP contribution in [0.1, 0.15) is 39.0 Å². The fourth-order valence-corrected chi connectivity index (χ4v) is 4.21. The van der Waals surface area contributed by atoms with Crippen molar-refractivity contribution in [2.45, 2.75) is 25.7 Å². The average molecular weight is 474 g/mol. The second kappa shape index (κ2) is 7.62. The zero-order valence-electron chi connectivity index (χ0n) is 18.0. The van der Waals surface area contributed by atoms with E-state index in [0.29, 0.717) is 22.3 Å². The number of carbonyl (C=O) groups is 1. The van der Waals surface area contributed by atoms with E-state index in [9.17, 15) is 22.4 Å². The molecule has 5 rings (SSSR count). The Morgan fingerprint density at radius 3 is 2.76 bits per heavy atom. The number of carbonyl (C=O) groups excluding carboxylic acids is 1. The predicted molar refractivity (Wildman–Crippen MR) is 113 cm³/mol. The van der Waals surface area contributed by atoms with Crippen LogP contribution >= 0.6 is 0 Å². The van der Waals surface area contributed by atoms with Gasteiger partial charge in [0.05, 0.1) is 47.2 Å². The maximum atomic E-state index is 15.0. The van der Waals surface area contributed by atoms with Crippen molar-refractivity contribution in [1.82, 2.24) is 24.3 Å². The highest BCUT2D eigenvalue weighted by atomic mass is 19.4. The molecule has 0 saturated carbocycles. The Morgan fingerprint density at radius 1 is 1.26 bits per heavy atom. The van der Waals surface area contributed by atoms with Crippen LogP contribution in [0.4, 0.5) is 23.4 Å². The molecule has 3 aromatic heterocycles. The van der Waals surface area contributed by atoms with Crippen LogP contribution in [0, 0.1) is 12.7 Å². The number of imidazole rings is 1. The standard InChI is InChI=1S/C22H18F4N6O2/c1-10-19-20(27)30-14-6-13(23)12(5-16(14)32(19)9-28-10)21(33)31(2)17-8-34-7-15-11(17)3-4-18(29-15)22(24,25)26/h3-6,9,17H,7-8H2,1-2H3,(H2,27,30)/t17-/m1/s1. The number of aryl methyl sites for hydroxylation is 1. The molecule has 0 spiro atoms. The molecule has 176 valence electrons. The zero-order chi connectivity index (χ0) is 24.4. The largest absolute Gasteiger partial charge is 0.433 e. The molecule has 0 aliphatic carbocycles. The first kappa shape index (κ1) is 22.0. The van der Waals surface area contributed by atoms with Crippen LogP contribution in [0.3, 0.4) is 0 Å². The normalized spacial score (nSPS) is 16.1. The number of hydrogen-bond acceptors (Lipinski definition) is 6. The van der Waals surface area contributed by atoms with E-state index in [-0.39, 0.29) is 35.8 Å². The molecule has 1 amide bonds. The fourth-order valence-electron chi connectivity index (χ4n) is 4.21. The number of nitrogens with two attached hydrogens (primary N) is 1. The molecule has 12 heteroatoms. The number of likely N-dealkylation sites (N-methyl/N-ethyl adjacent to an activating group) is 1. The van der Waals surface area contributed by atoms with E-state index in [2.05, 4.69) is 15.0 Å². The topological polar surface area (TPSA) is 98.6 Å². The molecule has 8 nitrogen and oxygen atoms in total. The van der Waals surface area contributed by atoms with Crippen LogP contribution in [-0.2, 0) is 17.5 Å². The number of anilines is 1. The van der Waals surface area contributed by atoms with Gasteiger partial charge < -0.3 is 15.4 Å². The highest BCUT2D eigenvalue weighted by molar-refractivity contribution is 5.98. The van der Waals surface area contributed by atoms with Crippen molar-refractivity contribution in [3.63, 3.8) is 0 Å². The molecule has 4 aromatic rings. The minimum atomic E-state index is -4.60. The number of nitrogen functional groups attached to an aromatic ring is 1. The molecular formula is C22H18F4N6O2. The molecule has 1 aliphatic heterocycles. The molecule has 0 bridgehead atoms. The smallest absolute Gasteiger partial charge is 0.382 e. The Balaban J connectivity index is 1.55. The van der Waals surface area contributed by atoms with Crippen LogP contribution in [-0.4, -0.2) is 43.8 Å². The van der Waals surface area contributed by atoms with E-state index in [1.54, 1.807) is 11.3 Å². The highest BCUT2D eigenvalue weighted by Gasteiger charge is 2.36. The summed E-state index contributed by atoms with van der Waals surface area (Å²) in [5.74, 6) is -1.31.